The van der Waals surface area contributed by atoms with Crippen LogP contribution in [0.2, 0.25) is 4.34 Å². The van der Waals surface area contributed by atoms with Gasteiger partial charge in [-0.05, 0) is 50.3 Å². The van der Waals surface area contributed by atoms with E-state index in [1.807, 2.05) is 6.07 Å². The highest BCUT2D eigenvalue weighted by atomic mass is 35.5. The average Bonchev–Trinajstić information content (AvgIpc) is 3.20. The van der Waals surface area contributed by atoms with Crippen molar-refractivity contribution in [2.24, 2.45) is 0 Å². The Kier molecular flexibility index (Phi) is 6.74. The van der Waals surface area contributed by atoms with Crippen LogP contribution in [0, 0.1) is 0 Å². The number of hydrogen-bond donors (Lipinski definition) is 1. The molecule has 1 saturated heterocycles. The summed E-state index contributed by atoms with van der Waals surface area (Å²) in [6.07, 6.45) is 6.15. The molecular weight excluding hydrogens is 370 g/mol. The Bertz CT molecular complexity index is 743. The fraction of sp³-hybridized carbons (Fsp3) is 0.474. The second kappa shape index (κ2) is 9.24. The van der Waals surface area contributed by atoms with Crippen LogP contribution in [-0.4, -0.2) is 40.9 Å². The number of aryl methyl sites for hydroxylation is 2. The molecule has 1 unspecified atom stereocenters. The van der Waals surface area contributed by atoms with E-state index in [0.717, 1.165) is 54.4 Å². The quantitative estimate of drug-likeness (QED) is 0.717. The van der Waals surface area contributed by atoms with Crippen molar-refractivity contribution in [3.8, 4) is 0 Å². The molecule has 3 heterocycles. The number of nitrogens with zero attached hydrogens (tertiary/aromatic N) is 2. The van der Waals surface area contributed by atoms with Gasteiger partial charge in [0.1, 0.15) is 6.61 Å². The summed E-state index contributed by atoms with van der Waals surface area (Å²) in [5, 5.41) is 7.69. The number of aromatic nitrogens is 2. The molecule has 5 nitrogen and oxygen atoms in total. The largest absolute Gasteiger partial charge is 0.445 e. The molecule has 1 N–H and O–H groups in total. The number of aromatic amines is 1. The molecule has 2 aromatic heterocycles. The second-order valence-electron chi connectivity index (χ2n) is 6.50. The fourth-order valence-corrected chi connectivity index (χ4v) is 4.34. The lowest BCUT2D eigenvalue weighted by Gasteiger charge is -2.19. The summed E-state index contributed by atoms with van der Waals surface area (Å²) >= 11 is 7.61. The van der Waals surface area contributed by atoms with E-state index in [2.05, 4.69) is 28.9 Å². The Morgan fingerprint density at radius 1 is 1.42 bits per heavy atom. The van der Waals surface area contributed by atoms with Crippen molar-refractivity contribution in [1.29, 1.82) is 0 Å². The van der Waals surface area contributed by atoms with Gasteiger partial charge in [-0.1, -0.05) is 24.3 Å². The molecule has 7 heteroatoms. The van der Waals surface area contributed by atoms with Crippen LogP contribution in [0.5, 0.6) is 0 Å². The van der Waals surface area contributed by atoms with Crippen molar-refractivity contribution in [3.63, 3.8) is 0 Å². The number of hydrogen-bond acceptors (Lipinski definition) is 4. The summed E-state index contributed by atoms with van der Waals surface area (Å²) in [4.78, 5) is 15.1. The van der Waals surface area contributed by atoms with Crippen LogP contribution in [-0.2, 0) is 17.6 Å². The van der Waals surface area contributed by atoms with Gasteiger partial charge >= 0.3 is 6.09 Å². The Morgan fingerprint density at radius 2 is 2.31 bits per heavy atom. The first kappa shape index (κ1) is 19.0. The van der Waals surface area contributed by atoms with E-state index in [1.165, 1.54) is 4.88 Å². The summed E-state index contributed by atoms with van der Waals surface area (Å²) in [6.45, 7) is 5.28. The Hall–Kier alpha value is -1.79. The molecule has 1 aliphatic heterocycles. The number of carbonyl (C=O) groups excluding carboxylic acids is 1. The first-order chi connectivity index (χ1) is 12.7. The van der Waals surface area contributed by atoms with Crippen LogP contribution in [0.15, 0.2) is 30.9 Å². The highest BCUT2D eigenvalue weighted by Crippen LogP contribution is 2.28. The molecule has 1 amide bonds. The molecule has 0 saturated carbocycles. The molecule has 0 aromatic carbocycles. The molecule has 26 heavy (non-hydrogen) atoms. The molecule has 2 aromatic rings. The first-order valence-electron chi connectivity index (χ1n) is 8.96. The van der Waals surface area contributed by atoms with Crippen LogP contribution in [0.1, 0.15) is 41.4 Å². The summed E-state index contributed by atoms with van der Waals surface area (Å²) in [7, 11) is 0. The van der Waals surface area contributed by atoms with Gasteiger partial charge in [-0.3, -0.25) is 5.10 Å². The minimum atomic E-state index is -0.247. The minimum absolute atomic E-state index is 0.247. The third-order valence-electron chi connectivity index (χ3n) is 4.65. The average molecular weight is 394 g/mol. The van der Waals surface area contributed by atoms with Crippen molar-refractivity contribution in [2.75, 3.05) is 19.7 Å². The molecule has 0 radical (unpaired) electrons. The van der Waals surface area contributed by atoms with Crippen LogP contribution in [0.4, 0.5) is 4.79 Å². The number of halogens is 1. The van der Waals surface area contributed by atoms with Crippen molar-refractivity contribution in [1.82, 2.24) is 15.1 Å². The Labute approximate surface area is 163 Å². The Balaban J connectivity index is 1.52. The molecule has 140 valence electrons. The van der Waals surface area contributed by atoms with Gasteiger partial charge in [0.2, 0.25) is 0 Å². The number of carbonyl (C=O) groups is 1. The van der Waals surface area contributed by atoms with E-state index >= 15 is 0 Å². The molecule has 0 aliphatic carbocycles. The maximum atomic E-state index is 12.0. The SMILES string of the molecule is C=CCOC(=O)N1CCCC(c2cc(CCc3ccc(Cl)s3)[nH]n2)CC1. The van der Waals surface area contributed by atoms with Crippen molar-refractivity contribution < 1.29 is 9.53 Å². The van der Waals surface area contributed by atoms with Crippen molar-refractivity contribution >= 4 is 29.0 Å². The third kappa shape index (κ3) is 5.11. The smallest absolute Gasteiger partial charge is 0.410 e. The zero-order valence-electron chi connectivity index (χ0n) is 14.7. The number of ether oxygens (including phenoxy) is 1. The molecule has 3 rings (SSSR count). The lowest BCUT2D eigenvalue weighted by Crippen LogP contribution is -2.32. The van der Waals surface area contributed by atoms with Crippen LogP contribution in [0.25, 0.3) is 0 Å². The first-order valence-corrected chi connectivity index (χ1v) is 10.2. The van der Waals surface area contributed by atoms with Gasteiger partial charge in [0.25, 0.3) is 0 Å². The van der Waals surface area contributed by atoms with Crippen LogP contribution in [0.3, 0.4) is 0 Å². The van der Waals surface area contributed by atoms with Gasteiger partial charge < -0.3 is 9.64 Å². The maximum Gasteiger partial charge on any atom is 0.410 e. The molecule has 1 fully saturated rings. The van der Waals surface area contributed by atoms with E-state index in [9.17, 15) is 4.79 Å². The standard InChI is InChI=1S/C19H24ClN3O2S/c1-2-12-25-19(24)23-10-3-4-14(9-11-23)17-13-15(21-22-17)5-6-16-7-8-18(20)26-16/h2,7-8,13-14H,1,3-6,9-12H2,(H,21,22). The predicted molar refractivity (Wildman–Crippen MR) is 105 cm³/mol. The molecule has 1 atom stereocenters. The highest BCUT2D eigenvalue weighted by Gasteiger charge is 2.23. The number of thiophene rings is 1. The zero-order chi connectivity index (χ0) is 18.4. The lowest BCUT2D eigenvalue weighted by atomic mass is 9.96. The van der Waals surface area contributed by atoms with Gasteiger partial charge in [-0.15, -0.1) is 11.3 Å². The molecule has 0 spiro atoms. The number of nitrogens with one attached hydrogen (secondary N) is 1. The molecular formula is C19H24ClN3O2S. The van der Waals surface area contributed by atoms with Crippen molar-refractivity contribution in [2.45, 2.75) is 38.0 Å². The Morgan fingerprint density at radius 3 is 3.08 bits per heavy atom. The van der Waals surface area contributed by atoms with Crippen molar-refractivity contribution in [3.05, 3.63) is 51.5 Å². The maximum absolute atomic E-state index is 12.0. The molecule has 0 bridgehead atoms. The van der Waals surface area contributed by atoms with Gasteiger partial charge in [0, 0.05) is 29.6 Å². The third-order valence-corrected chi connectivity index (χ3v) is 5.94. The lowest BCUT2D eigenvalue weighted by molar-refractivity contribution is 0.113. The number of rotatable bonds is 6. The normalized spacial score (nSPS) is 17.7. The summed E-state index contributed by atoms with van der Waals surface area (Å²) in [6, 6.07) is 6.19. The minimum Gasteiger partial charge on any atom is -0.445 e. The summed E-state index contributed by atoms with van der Waals surface area (Å²) < 4.78 is 5.98. The van der Waals surface area contributed by atoms with E-state index < -0.39 is 0 Å². The van der Waals surface area contributed by atoms with Crippen LogP contribution < -0.4 is 0 Å². The monoisotopic (exact) mass is 393 g/mol. The van der Waals surface area contributed by atoms with Gasteiger partial charge in [0.05, 0.1) is 10.0 Å². The summed E-state index contributed by atoms with van der Waals surface area (Å²) in [5.41, 5.74) is 2.25. The second-order valence-corrected chi connectivity index (χ2v) is 8.30. The number of H-pyrrole nitrogens is 1. The van der Waals surface area contributed by atoms with Gasteiger partial charge in [-0.25, -0.2) is 4.79 Å². The van der Waals surface area contributed by atoms with E-state index in [4.69, 9.17) is 16.3 Å². The zero-order valence-corrected chi connectivity index (χ0v) is 16.3. The van der Waals surface area contributed by atoms with E-state index in [1.54, 1.807) is 22.3 Å². The number of amides is 1. The molecule has 1 aliphatic rings. The number of likely N-dealkylation sites (tertiary alicyclic amines) is 1. The van der Waals surface area contributed by atoms with E-state index in [-0.39, 0.29) is 12.7 Å². The fourth-order valence-electron chi connectivity index (χ4n) is 3.26. The highest BCUT2D eigenvalue weighted by molar-refractivity contribution is 7.16. The topological polar surface area (TPSA) is 58.2 Å². The predicted octanol–water partition coefficient (Wildman–Crippen LogP) is 4.80. The van der Waals surface area contributed by atoms with Gasteiger partial charge in [0.15, 0.2) is 0 Å². The summed E-state index contributed by atoms with van der Waals surface area (Å²) in [5.74, 6) is 0.383. The van der Waals surface area contributed by atoms with Crippen LogP contribution >= 0.6 is 22.9 Å². The van der Waals surface area contributed by atoms with E-state index in [0.29, 0.717) is 12.5 Å². The van der Waals surface area contributed by atoms with Gasteiger partial charge in [-0.2, -0.15) is 5.10 Å².